The van der Waals surface area contributed by atoms with E-state index in [1.807, 2.05) is 13.5 Å². The van der Waals surface area contributed by atoms with Gasteiger partial charge in [-0.25, -0.2) is 9.28 Å². The lowest BCUT2D eigenvalue weighted by molar-refractivity contribution is -0.859. The highest BCUT2D eigenvalue weighted by molar-refractivity contribution is 5.38. The van der Waals surface area contributed by atoms with Crippen LogP contribution < -0.4 is 0 Å². The average molecular weight is 99.1 g/mol. The van der Waals surface area contributed by atoms with E-state index in [0.29, 0.717) is 4.48 Å². The van der Waals surface area contributed by atoms with Gasteiger partial charge in [-0.3, -0.25) is 0 Å². The number of nitrogens with zero attached hydrogens (tertiary/aromatic N) is 1. The highest BCUT2D eigenvalue weighted by Crippen LogP contribution is 2.11. The summed E-state index contributed by atoms with van der Waals surface area (Å²) in [6.07, 6.45) is 3.15. The van der Waals surface area contributed by atoms with Gasteiger partial charge in [0.05, 0.1) is 20.1 Å². The molecule has 1 aliphatic heterocycles. The molecule has 1 amide bonds. The number of hydrogen-bond acceptors (Lipinski definition) is 1. The van der Waals surface area contributed by atoms with Gasteiger partial charge in [0.15, 0.2) is 0 Å². The van der Waals surface area contributed by atoms with Gasteiger partial charge in [0.25, 0.3) is 0 Å². The minimum atomic E-state index is 0.514. The summed E-state index contributed by atoms with van der Waals surface area (Å²) in [4.78, 5) is 9.96. The zero-order valence-electron chi connectivity index (χ0n) is 4.48. The van der Waals surface area contributed by atoms with Crippen LogP contribution in [0.25, 0.3) is 0 Å². The molecule has 1 fully saturated rings. The van der Waals surface area contributed by atoms with Crippen LogP contribution in [0.4, 0.5) is 0 Å². The van der Waals surface area contributed by atoms with Gasteiger partial charge in [0.1, 0.15) is 0 Å². The molecule has 1 rings (SSSR count). The van der Waals surface area contributed by atoms with Crippen molar-refractivity contribution in [3.05, 3.63) is 0 Å². The van der Waals surface area contributed by atoms with Crippen LogP contribution >= 0.6 is 0 Å². The summed E-state index contributed by atoms with van der Waals surface area (Å²) in [5.41, 5.74) is 0. The lowest BCUT2D eigenvalue weighted by atomic mass is 10.2. The van der Waals surface area contributed by atoms with E-state index in [2.05, 4.69) is 0 Å². The third-order valence-electron chi connectivity index (χ3n) is 1.52. The molecule has 0 aromatic rings. The molecule has 0 saturated carbocycles. The number of amides is 1. The summed E-state index contributed by atoms with van der Waals surface area (Å²) in [6.45, 7) is 1.98. The van der Waals surface area contributed by atoms with Gasteiger partial charge < -0.3 is 0 Å². The predicted octanol–water partition coefficient (Wildman–Crippen LogP) is -0.0961. The number of hydrogen-bond donors (Lipinski definition) is 0. The first-order valence-corrected chi connectivity index (χ1v) is 2.51. The molecule has 0 aromatic carbocycles. The third kappa shape index (κ3) is 0.657. The molecule has 0 bridgehead atoms. The number of likely N-dealkylation sites (tertiary alicyclic amines) is 1. The second kappa shape index (κ2) is 1.30. The van der Waals surface area contributed by atoms with Gasteiger partial charge in [0.2, 0.25) is 0 Å². The minimum Gasteiger partial charge on any atom is -0.250 e. The molecule has 1 heterocycles. The molecule has 39 valence electrons. The van der Waals surface area contributed by atoms with Gasteiger partial charge in [-0.05, 0) is 0 Å². The number of carbonyl (C=O) groups excluding carboxylic acids is 1. The third-order valence-corrected chi connectivity index (χ3v) is 1.52. The number of quaternary nitrogens is 1. The lowest BCUT2D eigenvalue weighted by Crippen LogP contribution is -2.53. The SMILES string of the molecule is C[N+]1([C]=O)CCC1. The minimum absolute atomic E-state index is 0.514. The Bertz CT molecular complexity index is 86.1. The van der Waals surface area contributed by atoms with Crippen LogP contribution in [0.15, 0.2) is 0 Å². The Morgan fingerprint density at radius 2 is 2.14 bits per heavy atom. The van der Waals surface area contributed by atoms with Crippen molar-refractivity contribution in [3.63, 3.8) is 0 Å². The van der Waals surface area contributed by atoms with Crippen molar-refractivity contribution in [2.75, 3.05) is 20.1 Å². The summed E-state index contributed by atoms with van der Waals surface area (Å²) in [5, 5.41) is 0. The molecular formula is C5H9NO+. The monoisotopic (exact) mass is 99.1 g/mol. The first-order chi connectivity index (χ1) is 3.27. The van der Waals surface area contributed by atoms with Crippen LogP contribution in [-0.2, 0) is 4.79 Å². The largest absolute Gasteiger partial charge is 0.442 e. The maximum Gasteiger partial charge on any atom is 0.442 e. The Morgan fingerprint density at radius 3 is 2.14 bits per heavy atom. The van der Waals surface area contributed by atoms with E-state index in [-0.39, 0.29) is 0 Å². The van der Waals surface area contributed by atoms with Crippen LogP contribution in [-0.4, -0.2) is 31.0 Å². The van der Waals surface area contributed by atoms with Gasteiger partial charge in [-0.15, -0.1) is 0 Å². The van der Waals surface area contributed by atoms with Crippen molar-refractivity contribution < 1.29 is 9.28 Å². The molecule has 2 heteroatoms. The number of rotatable bonds is 1. The zero-order chi connectivity index (χ0) is 5.33. The molecular weight excluding hydrogens is 90.1 g/mol. The first-order valence-electron chi connectivity index (χ1n) is 2.51. The molecule has 0 unspecified atom stereocenters. The summed E-state index contributed by atoms with van der Waals surface area (Å²) >= 11 is 0. The van der Waals surface area contributed by atoms with E-state index in [0.717, 1.165) is 13.1 Å². The second-order valence-electron chi connectivity index (χ2n) is 2.29. The molecule has 0 aromatic heterocycles. The Labute approximate surface area is 43.3 Å². The van der Waals surface area contributed by atoms with Crippen LogP contribution in [0.2, 0.25) is 0 Å². The fourth-order valence-corrected chi connectivity index (χ4v) is 0.724. The Morgan fingerprint density at radius 1 is 1.57 bits per heavy atom. The molecule has 1 saturated heterocycles. The molecule has 7 heavy (non-hydrogen) atoms. The van der Waals surface area contributed by atoms with Crippen molar-refractivity contribution in [1.29, 1.82) is 0 Å². The van der Waals surface area contributed by atoms with E-state index in [1.54, 1.807) is 0 Å². The highest BCUT2D eigenvalue weighted by atomic mass is 16.1. The molecule has 0 N–H and O–H groups in total. The van der Waals surface area contributed by atoms with E-state index >= 15 is 0 Å². The molecule has 0 atom stereocenters. The maximum absolute atomic E-state index is 9.96. The quantitative estimate of drug-likeness (QED) is 0.420. The molecule has 0 spiro atoms. The smallest absolute Gasteiger partial charge is 0.250 e. The van der Waals surface area contributed by atoms with Crippen LogP contribution in [0, 0.1) is 0 Å². The maximum atomic E-state index is 9.96. The van der Waals surface area contributed by atoms with Gasteiger partial charge >= 0.3 is 6.41 Å². The summed E-state index contributed by atoms with van der Waals surface area (Å²) in [5.74, 6) is 0. The summed E-state index contributed by atoms with van der Waals surface area (Å²) in [6, 6.07) is 0. The van der Waals surface area contributed by atoms with Crippen molar-refractivity contribution in [1.82, 2.24) is 0 Å². The Hall–Kier alpha value is -0.370. The highest BCUT2D eigenvalue weighted by Gasteiger charge is 2.31. The predicted molar refractivity (Wildman–Crippen MR) is 26.2 cm³/mol. The van der Waals surface area contributed by atoms with E-state index in [1.165, 1.54) is 6.42 Å². The summed E-state index contributed by atoms with van der Waals surface area (Å²) < 4.78 is 0.514. The van der Waals surface area contributed by atoms with Gasteiger partial charge in [-0.2, -0.15) is 0 Å². The molecule has 0 aliphatic carbocycles. The van der Waals surface area contributed by atoms with Crippen molar-refractivity contribution in [2.45, 2.75) is 6.42 Å². The van der Waals surface area contributed by atoms with Crippen LogP contribution in [0.3, 0.4) is 0 Å². The van der Waals surface area contributed by atoms with Crippen LogP contribution in [0.5, 0.6) is 0 Å². The Balaban J connectivity index is 2.43. The summed E-state index contributed by atoms with van der Waals surface area (Å²) in [7, 11) is 1.90. The van der Waals surface area contributed by atoms with Crippen molar-refractivity contribution >= 4 is 6.41 Å². The van der Waals surface area contributed by atoms with E-state index < -0.39 is 0 Å². The molecule has 1 radical (unpaired) electrons. The topological polar surface area (TPSA) is 17.1 Å². The van der Waals surface area contributed by atoms with Crippen molar-refractivity contribution in [3.8, 4) is 0 Å². The molecule has 1 aliphatic rings. The second-order valence-corrected chi connectivity index (χ2v) is 2.29. The molecule has 2 nitrogen and oxygen atoms in total. The van der Waals surface area contributed by atoms with Gasteiger partial charge in [-0.1, -0.05) is 0 Å². The van der Waals surface area contributed by atoms with Crippen molar-refractivity contribution in [2.24, 2.45) is 0 Å². The normalized spacial score (nSPS) is 25.9. The Kier molecular flexibility index (Phi) is 0.889. The van der Waals surface area contributed by atoms with Gasteiger partial charge in [0, 0.05) is 6.42 Å². The fraction of sp³-hybridized carbons (Fsp3) is 0.800. The van der Waals surface area contributed by atoms with E-state index in [9.17, 15) is 4.79 Å². The first kappa shape index (κ1) is 4.78. The standard InChI is InChI=1S/C5H9NO/c1-6(5-7)3-2-4-6/h2-4H2,1H3/q+1. The van der Waals surface area contributed by atoms with E-state index in [4.69, 9.17) is 0 Å². The lowest BCUT2D eigenvalue weighted by Gasteiger charge is -2.33. The average Bonchev–Trinajstić information content (AvgIpc) is 1.61. The van der Waals surface area contributed by atoms with Crippen LogP contribution in [0.1, 0.15) is 6.42 Å². The fourth-order valence-electron chi connectivity index (χ4n) is 0.724. The zero-order valence-corrected chi connectivity index (χ0v) is 4.48.